The highest BCUT2D eigenvalue weighted by molar-refractivity contribution is 5.87. The van der Waals surface area contributed by atoms with E-state index in [0.29, 0.717) is 13.2 Å². The summed E-state index contributed by atoms with van der Waals surface area (Å²) in [5.41, 5.74) is 0.823. The number of rotatable bonds is 6. The fourth-order valence-corrected chi connectivity index (χ4v) is 3.80. The second kappa shape index (κ2) is 8.80. The van der Waals surface area contributed by atoms with E-state index in [0.717, 1.165) is 39.0 Å². The van der Waals surface area contributed by atoms with Gasteiger partial charge in [0.2, 0.25) is 5.91 Å². The number of carbonyl (C=O) groups is 1. The largest absolute Gasteiger partial charge is 0.370 e. The minimum atomic E-state index is -0.349. The molecule has 142 valence electrons. The lowest BCUT2D eigenvalue weighted by atomic mass is 9.86. The molecule has 0 aliphatic carbocycles. The van der Waals surface area contributed by atoms with Crippen LogP contribution in [0.15, 0.2) is 42.5 Å². The molecular formula is C21H30N2O3. The van der Waals surface area contributed by atoms with Crippen LogP contribution in [0.5, 0.6) is 0 Å². The van der Waals surface area contributed by atoms with Gasteiger partial charge in [0.1, 0.15) is 5.60 Å². The number of carbonyl (C=O) groups excluding carboxylic acids is 1. The Bertz CT molecular complexity index is 609. The van der Waals surface area contributed by atoms with E-state index in [2.05, 4.69) is 12.1 Å². The number of hydrogen-bond acceptors (Lipinski definition) is 4. The molecule has 0 unspecified atom stereocenters. The number of hydrogen-bond donors (Lipinski definition) is 0. The fraction of sp³-hybridized carbons (Fsp3) is 0.571. The first-order valence-electron chi connectivity index (χ1n) is 9.49. The summed E-state index contributed by atoms with van der Waals surface area (Å²) in [6, 6.07) is 10.2. The van der Waals surface area contributed by atoms with Crippen molar-refractivity contribution < 1.29 is 14.3 Å². The van der Waals surface area contributed by atoms with Gasteiger partial charge in [0.05, 0.1) is 19.3 Å². The van der Waals surface area contributed by atoms with E-state index in [4.69, 9.17) is 9.47 Å². The van der Waals surface area contributed by atoms with Gasteiger partial charge in [-0.1, -0.05) is 36.4 Å². The van der Waals surface area contributed by atoms with Gasteiger partial charge in [0.25, 0.3) is 0 Å². The molecule has 1 aromatic rings. The van der Waals surface area contributed by atoms with Crippen LogP contribution in [-0.4, -0.2) is 67.7 Å². The maximum atomic E-state index is 12.5. The quantitative estimate of drug-likeness (QED) is 0.733. The Morgan fingerprint density at radius 1 is 1.38 bits per heavy atom. The number of nitrogens with zero attached hydrogens (tertiary/aromatic N) is 2. The Hall–Kier alpha value is -1.69. The molecule has 0 bridgehead atoms. The number of likely N-dealkylation sites (tertiary alicyclic amines) is 1. The third-order valence-corrected chi connectivity index (χ3v) is 5.18. The minimum Gasteiger partial charge on any atom is -0.370 e. The van der Waals surface area contributed by atoms with E-state index in [-0.39, 0.29) is 17.6 Å². The van der Waals surface area contributed by atoms with Crippen LogP contribution >= 0.6 is 0 Å². The van der Waals surface area contributed by atoms with Crippen molar-refractivity contribution in [1.82, 2.24) is 9.80 Å². The molecule has 1 aromatic carbocycles. The summed E-state index contributed by atoms with van der Waals surface area (Å²) in [6.07, 6.45) is 6.46. The average molecular weight is 358 g/mol. The lowest BCUT2D eigenvalue weighted by molar-refractivity contribution is -0.167. The zero-order valence-corrected chi connectivity index (χ0v) is 15.9. The smallest absolute Gasteiger partial charge is 0.246 e. The summed E-state index contributed by atoms with van der Waals surface area (Å²) in [7, 11) is 3.98. The zero-order chi connectivity index (χ0) is 18.4. The van der Waals surface area contributed by atoms with Crippen molar-refractivity contribution in [3.63, 3.8) is 0 Å². The van der Waals surface area contributed by atoms with E-state index in [1.54, 1.807) is 6.08 Å². The van der Waals surface area contributed by atoms with Gasteiger partial charge in [-0.25, -0.2) is 0 Å². The molecule has 2 heterocycles. The van der Waals surface area contributed by atoms with Crippen LogP contribution in [0.1, 0.15) is 24.8 Å². The number of ether oxygens (including phenoxy) is 2. The maximum Gasteiger partial charge on any atom is 0.246 e. The normalized spacial score (nSPS) is 26.3. The van der Waals surface area contributed by atoms with Crippen molar-refractivity contribution >= 4 is 5.91 Å². The molecule has 2 fully saturated rings. The predicted molar refractivity (Wildman–Crippen MR) is 102 cm³/mol. The highest BCUT2D eigenvalue weighted by atomic mass is 16.6. The second-order valence-electron chi connectivity index (χ2n) is 7.52. The Labute approximate surface area is 156 Å². The number of benzene rings is 1. The van der Waals surface area contributed by atoms with Gasteiger partial charge < -0.3 is 19.3 Å². The van der Waals surface area contributed by atoms with Gasteiger partial charge in [-0.3, -0.25) is 4.79 Å². The maximum absolute atomic E-state index is 12.5. The summed E-state index contributed by atoms with van der Waals surface area (Å²) < 4.78 is 12.4. The first kappa shape index (κ1) is 19.1. The third kappa shape index (κ3) is 4.72. The van der Waals surface area contributed by atoms with E-state index >= 15 is 0 Å². The average Bonchev–Trinajstić information content (AvgIpc) is 3.10. The highest BCUT2D eigenvalue weighted by Crippen LogP contribution is 2.37. The zero-order valence-electron chi connectivity index (χ0n) is 15.9. The lowest BCUT2D eigenvalue weighted by Gasteiger charge is -2.45. The molecule has 2 aliphatic heterocycles. The molecule has 5 heteroatoms. The molecule has 1 amide bonds. The molecule has 2 aliphatic rings. The first-order chi connectivity index (χ1) is 12.6. The Balaban J connectivity index is 1.61. The van der Waals surface area contributed by atoms with Crippen molar-refractivity contribution in [3.05, 3.63) is 48.0 Å². The van der Waals surface area contributed by atoms with Gasteiger partial charge in [0, 0.05) is 25.8 Å². The van der Waals surface area contributed by atoms with Gasteiger partial charge in [-0.2, -0.15) is 0 Å². The van der Waals surface area contributed by atoms with Crippen LogP contribution in [0.3, 0.4) is 0 Å². The summed E-state index contributed by atoms with van der Waals surface area (Å²) >= 11 is 0. The van der Waals surface area contributed by atoms with Gasteiger partial charge in [-0.15, -0.1) is 0 Å². The SMILES string of the molecule is CN(C)C/C=C/C(=O)N1CC[C@H](OCc2ccccc2)[C@]2(CCCO2)C1. The number of piperidine rings is 1. The summed E-state index contributed by atoms with van der Waals surface area (Å²) in [5.74, 6) is 0.0724. The first-order valence-corrected chi connectivity index (χ1v) is 9.49. The van der Waals surface area contributed by atoms with Crippen LogP contribution in [0.25, 0.3) is 0 Å². The van der Waals surface area contributed by atoms with Crippen molar-refractivity contribution in [2.24, 2.45) is 0 Å². The predicted octanol–water partition coefficient (Wildman–Crippen LogP) is 2.47. The van der Waals surface area contributed by atoms with Gasteiger partial charge >= 0.3 is 0 Å². The second-order valence-corrected chi connectivity index (χ2v) is 7.52. The summed E-state index contributed by atoms with van der Waals surface area (Å²) in [4.78, 5) is 16.5. The van der Waals surface area contributed by atoms with E-state index in [9.17, 15) is 4.79 Å². The van der Waals surface area contributed by atoms with E-state index in [1.165, 1.54) is 5.56 Å². The highest BCUT2D eigenvalue weighted by Gasteiger charge is 2.48. The topological polar surface area (TPSA) is 42.0 Å². The van der Waals surface area contributed by atoms with Crippen molar-refractivity contribution in [3.8, 4) is 0 Å². The van der Waals surface area contributed by atoms with Crippen LogP contribution in [-0.2, 0) is 20.9 Å². The Morgan fingerprint density at radius 3 is 2.88 bits per heavy atom. The summed E-state index contributed by atoms with van der Waals surface area (Å²) in [6.45, 7) is 3.45. The molecule has 3 rings (SSSR count). The van der Waals surface area contributed by atoms with Crippen molar-refractivity contribution in [2.45, 2.75) is 37.6 Å². The molecule has 0 radical (unpaired) electrons. The van der Waals surface area contributed by atoms with Gasteiger partial charge in [-0.05, 0) is 38.9 Å². The monoisotopic (exact) mass is 358 g/mol. The standard InChI is InChI=1S/C21H30N2O3/c1-22(2)13-6-10-20(24)23-14-11-19(21(17-23)12-7-15-26-21)25-16-18-8-4-3-5-9-18/h3-6,8-10,19H,7,11-17H2,1-2H3/b10-6+/t19-,21-/m0/s1. The van der Waals surface area contributed by atoms with Crippen LogP contribution in [0, 0.1) is 0 Å². The Kier molecular flexibility index (Phi) is 6.46. The fourth-order valence-electron chi connectivity index (χ4n) is 3.80. The molecular weight excluding hydrogens is 328 g/mol. The van der Waals surface area contributed by atoms with Gasteiger partial charge in [0.15, 0.2) is 0 Å². The molecule has 0 N–H and O–H groups in total. The molecule has 2 saturated heterocycles. The molecule has 1 spiro atoms. The third-order valence-electron chi connectivity index (χ3n) is 5.18. The van der Waals surface area contributed by atoms with E-state index < -0.39 is 0 Å². The molecule has 0 aromatic heterocycles. The number of amides is 1. The summed E-state index contributed by atoms with van der Waals surface area (Å²) in [5, 5.41) is 0. The van der Waals surface area contributed by atoms with E-state index in [1.807, 2.05) is 48.2 Å². The molecule has 0 saturated carbocycles. The van der Waals surface area contributed by atoms with Crippen LogP contribution < -0.4 is 0 Å². The molecule has 26 heavy (non-hydrogen) atoms. The molecule has 2 atom stereocenters. The Morgan fingerprint density at radius 2 is 2.19 bits per heavy atom. The lowest BCUT2D eigenvalue weighted by Crippen LogP contribution is -2.58. The van der Waals surface area contributed by atoms with Crippen LogP contribution in [0.4, 0.5) is 0 Å². The number of likely N-dealkylation sites (N-methyl/N-ethyl adjacent to an activating group) is 1. The van der Waals surface area contributed by atoms with Crippen LogP contribution in [0.2, 0.25) is 0 Å². The van der Waals surface area contributed by atoms with Crippen molar-refractivity contribution in [1.29, 1.82) is 0 Å². The van der Waals surface area contributed by atoms with Crippen molar-refractivity contribution in [2.75, 3.05) is 40.3 Å². The minimum absolute atomic E-state index is 0.0417. The molecule has 5 nitrogen and oxygen atoms in total.